The van der Waals surface area contributed by atoms with Crippen molar-refractivity contribution in [1.82, 2.24) is 5.32 Å². The van der Waals surface area contributed by atoms with Crippen LogP contribution in [-0.2, 0) is 11.0 Å². The predicted molar refractivity (Wildman–Crippen MR) is 63.6 cm³/mol. The molecule has 6 heteroatoms. The molecule has 1 amide bonds. The van der Waals surface area contributed by atoms with Gasteiger partial charge in [0.1, 0.15) is 0 Å². The van der Waals surface area contributed by atoms with Gasteiger partial charge in [0.25, 0.3) is 0 Å². The van der Waals surface area contributed by atoms with Crippen molar-refractivity contribution in [3.8, 4) is 0 Å². The number of carbonyl (C=O) groups excluding carboxylic acids is 1. The molecule has 0 bridgehead atoms. The van der Waals surface area contributed by atoms with Crippen LogP contribution in [-0.4, -0.2) is 12.5 Å². The minimum absolute atomic E-state index is 0.0454. The van der Waals surface area contributed by atoms with Crippen LogP contribution in [0.15, 0.2) is 24.3 Å². The molecule has 0 saturated carbocycles. The van der Waals surface area contributed by atoms with Gasteiger partial charge in [-0.25, -0.2) is 0 Å². The van der Waals surface area contributed by atoms with Crippen LogP contribution in [0.3, 0.4) is 0 Å². The molecule has 0 heterocycles. The zero-order valence-electron chi connectivity index (χ0n) is 9.71. The lowest BCUT2D eigenvalue weighted by atomic mass is 10.1. The number of nitrogen functional groups attached to an aromatic ring is 1. The summed E-state index contributed by atoms with van der Waals surface area (Å²) in [6.07, 6.45) is -1.40. The average molecular weight is 258 g/mol. The fourth-order valence-corrected chi connectivity index (χ4v) is 1.33. The van der Waals surface area contributed by atoms with Crippen molar-refractivity contribution in [2.45, 2.75) is 13.1 Å². The van der Waals surface area contributed by atoms with Gasteiger partial charge in [-0.3, -0.25) is 4.79 Å². The van der Waals surface area contributed by atoms with Gasteiger partial charge in [-0.15, -0.1) is 0 Å². The summed E-state index contributed by atoms with van der Waals surface area (Å²) in [6, 6.07) is 3.31. The molecule has 98 valence electrons. The van der Waals surface area contributed by atoms with Crippen LogP contribution in [0.5, 0.6) is 0 Å². The van der Waals surface area contributed by atoms with E-state index in [2.05, 4.69) is 5.32 Å². The second-order valence-electron chi connectivity index (χ2n) is 3.73. The van der Waals surface area contributed by atoms with Crippen molar-refractivity contribution < 1.29 is 18.0 Å². The zero-order valence-corrected chi connectivity index (χ0v) is 9.71. The summed E-state index contributed by atoms with van der Waals surface area (Å²) in [5, 5.41) is 2.50. The van der Waals surface area contributed by atoms with E-state index in [1.54, 1.807) is 6.08 Å². The monoisotopic (exact) mass is 258 g/mol. The van der Waals surface area contributed by atoms with Gasteiger partial charge in [-0.1, -0.05) is 12.2 Å². The molecule has 0 aliphatic rings. The van der Waals surface area contributed by atoms with Gasteiger partial charge < -0.3 is 11.1 Å². The molecular formula is C12H13F3N2O. The van der Waals surface area contributed by atoms with E-state index in [-0.39, 0.29) is 18.1 Å². The predicted octanol–water partition coefficient (Wildman–Crippen LogP) is 2.44. The molecule has 0 atom stereocenters. The van der Waals surface area contributed by atoms with Crippen LogP contribution in [0.4, 0.5) is 18.9 Å². The van der Waals surface area contributed by atoms with E-state index in [1.807, 2.05) is 0 Å². The van der Waals surface area contributed by atoms with Crippen molar-refractivity contribution in [1.29, 1.82) is 0 Å². The molecule has 1 aromatic rings. The van der Waals surface area contributed by atoms with E-state index in [0.717, 1.165) is 12.1 Å². The molecule has 0 aromatic heterocycles. The number of amides is 1. The molecule has 1 rings (SSSR count). The van der Waals surface area contributed by atoms with Crippen molar-refractivity contribution in [2.75, 3.05) is 12.3 Å². The largest absolute Gasteiger partial charge is 0.416 e. The summed E-state index contributed by atoms with van der Waals surface area (Å²) in [5.41, 5.74) is 5.00. The highest BCUT2D eigenvalue weighted by Gasteiger charge is 2.30. The Labute approximate surface area is 102 Å². The molecule has 0 fully saturated rings. The van der Waals surface area contributed by atoms with Crippen molar-refractivity contribution >= 4 is 17.7 Å². The SMILES string of the molecule is CC(=O)NCC=Cc1cc(N)cc(C(F)(F)F)c1. The van der Waals surface area contributed by atoms with Crippen LogP contribution in [0.1, 0.15) is 18.1 Å². The number of benzene rings is 1. The molecule has 3 N–H and O–H groups in total. The van der Waals surface area contributed by atoms with E-state index < -0.39 is 11.7 Å². The Morgan fingerprint density at radius 3 is 2.61 bits per heavy atom. The minimum Gasteiger partial charge on any atom is -0.399 e. The van der Waals surface area contributed by atoms with Crippen molar-refractivity contribution in [3.63, 3.8) is 0 Å². The lowest BCUT2D eigenvalue weighted by molar-refractivity contribution is -0.137. The molecule has 0 saturated heterocycles. The summed E-state index contributed by atoms with van der Waals surface area (Å²) < 4.78 is 37.5. The van der Waals surface area contributed by atoms with Gasteiger partial charge in [-0.05, 0) is 23.8 Å². The first-order chi connectivity index (χ1) is 8.29. The summed E-state index contributed by atoms with van der Waals surface area (Å²) in [4.78, 5) is 10.6. The van der Waals surface area contributed by atoms with E-state index >= 15 is 0 Å². The van der Waals surface area contributed by atoms with Gasteiger partial charge in [0.05, 0.1) is 5.56 Å². The van der Waals surface area contributed by atoms with Gasteiger partial charge >= 0.3 is 6.18 Å². The van der Waals surface area contributed by atoms with Crippen LogP contribution in [0, 0.1) is 0 Å². The topological polar surface area (TPSA) is 55.1 Å². The van der Waals surface area contributed by atoms with Gasteiger partial charge in [0.2, 0.25) is 5.91 Å². The number of alkyl halides is 3. The third-order valence-electron chi connectivity index (χ3n) is 2.08. The lowest BCUT2D eigenvalue weighted by Gasteiger charge is -2.08. The Bertz CT molecular complexity index is 467. The highest BCUT2D eigenvalue weighted by Crippen LogP contribution is 2.31. The van der Waals surface area contributed by atoms with Crippen molar-refractivity contribution in [3.05, 3.63) is 35.4 Å². The average Bonchev–Trinajstić information content (AvgIpc) is 2.22. The number of nitrogens with one attached hydrogen (secondary N) is 1. The highest BCUT2D eigenvalue weighted by molar-refractivity contribution is 5.73. The van der Waals surface area contributed by atoms with Crippen LogP contribution < -0.4 is 11.1 Å². The molecule has 18 heavy (non-hydrogen) atoms. The number of hydrogen-bond acceptors (Lipinski definition) is 2. The number of anilines is 1. The Morgan fingerprint density at radius 2 is 2.06 bits per heavy atom. The molecule has 0 aliphatic heterocycles. The smallest absolute Gasteiger partial charge is 0.399 e. The second-order valence-corrected chi connectivity index (χ2v) is 3.73. The maximum absolute atomic E-state index is 12.5. The molecule has 0 radical (unpaired) electrons. The molecule has 0 aliphatic carbocycles. The third kappa shape index (κ3) is 4.48. The standard InChI is InChI=1S/C12H13F3N2O/c1-8(18)17-4-2-3-9-5-10(12(13,14)15)7-11(16)6-9/h2-3,5-7H,4,16H2,1H3,(H,17,18). The fraction of sp³-hybridized carbons (Fsp3) is 0.250. The Hall–Kier alpha value is -1.98. The Morgan fingerprint density at radius 1 is 1.39 bits per heavy atom. The van der Waals surface area contributed by atoms with Gasteiger partial charge in [-0.2, -0.15) is 13.2 Å². The van der Waals surface area contributed by atoms with E-state index in [9.17, 15) is 18.0 Å². The van der Waals surface area contributed by atoms with E-state index in [4.69, 9.17) is 5.73 Å². The molecule has 1 aromatic carbocycles. The summed E-state index contributed by atoms with van der Waals surface area (Å²) >= 11 is 0. The molecular weight excluding hydrogens is 245 g/mol. The second kappa shape index (κ2) is 5.57. The van der Waals surface area contributed by atoms with Crippen LogP contribution >= 0.6 is 0 Å². The maximum Gasteiger partial charge on any atom is 0.416 e. The molecule has 0 spiro atoms. The maximum atomic E-state index is 12.5. The Balaban J connectivity index is 2.84. The summed E-state index contributed by atoms with van der Waals surface area (Å²) in [5.74, 6) is -0.205. The number of halogens is 3. The fourth-order valence-electron chi connectivity index (χ4n) is 1.33. The number of carbonyl (C=O) groups is 1. The first-order valence-electron chi connectivity index (χ1n) is 5.18. The highest BCUT2D eigenvalue weighted by atomic mass is 19.4. The normalized spacial score (nSPS) is 11.8. The first-order valence-corrected chi connectivity index (χ1v) is 5.18. The third-order valence-corrected chi connectivity index (χ3v) is 2.08. The number of rotatable bonds is 3. The van der Waals surface area contributed by atoms with Crippen LogP contribution in [0.25, 0.3) is 6.08 Å². The van der Waals surface area contributed by atoms with Gasteiger partial charge in [0.15, 0.2) is 0 Å². The van der Waals surface area contributed by atoms with Crippen molar-refractivity contribution in [2.24, 2.45) is 0 Å². The molecule has 0 unspecified atom stereocenters. The first kappa shape index (κ1) is 14.1. The number of hydrogen-bond donors (Lipinski definition) is 2. The Kier molecular flexibility index (Phi) is 4.36. The number of nitrogens with two attached hydrogens (primary N) is 1. The lowest BCUT2D eigenvalue weighted by Crippen LogP contribution is -2.19. The summed E-state index contributed by atoms with van der Waals surface area (Å²) in [6.45, 7) is 1.61. The summed E-state index contributed by atoms with van der Waals surface area (Å²) in [7, 11) is 0. The minimum atomic E-state index is -4.42. The zero-order chi connectivity index (χ0) is 13.8. The quantitative estimate of drug-likeness (QED) is 0.818. The van der Waals surface area contributed by atoms with E-state index in [1.165, 1.54) is 19.1 Å². The molecule has 3 nitrogen and oxygen atoms in total. The van der Waals surface area contributed by atoms with Gasteiger partial charge in [0, 0.05) is 19.2 Å². The van der Waals surface area contributed by atoms with Crippen LogP contribution in [0.2, 0.25) is 0 Å². The van der Waals surface area contributed by atoms with E-state index in [0.29, 0.717) is 5.56 Å².